The van der Waals surface area contributed by atoms with Gasteiger partial charge in [-0.05, 0) is 33.5 Å². The quantitative estimate of drug-likeness (QED) is 0.616. The predicted molar refractivity (Wildman–Crippen MR) is 53.4 cm³/mol. The number of nitrogens with zero attached hydrogens (tertiary/aromatic N) is 2. The predicted octanol–water partition coefficient (Wildman–Crippen LogP) is 1.42. The van der Waals surface area contributed by atoms with Gasteiger partial charge in [-0.15, -0.1) is 0 Å². The van der Waals surface area contributed by atoms with E-state index in [9.17, 15) is 0 Å². The van der Waals surface area contributed by atoms with E-state index < -0.39 is 0 Å². The summed E-state index contributed by atoms with van der Waals surface area (Å²) in [4.78, 5) is 4.88. The molecule has 0 aliphatic heterocycles. The molecule has 0 spiro atoms. The third-order valence-corrected chi connectivity index (χ3v) is 3.07. The van der Waals surface area contributed by atoms with E-state index in [1.165, 1.54) is 38.9 Å². The van der Waals surface area contributed by atoms with Gasteiger partial charge in [0, 0.05) is 19.1 Å². The van der Waals surface area contributed by atoms with Crippen molar-refractivity contribution in [3.63, 3.8) is 0 Å². The summed E-state index contributed by atoms with van der Waals surface area (Å²) in [6.45, 7) is 5.82. The van der Waals surface area contributed by atoms with Crippen LogP contribution in [0, 0.1) is 0 Å². The molecule has 0 heterocycles. The van der Waals surface area contributed by atoms with Crippen LogP contribution < -0.4 is 0 Å². The van der Waals surface area contributed by atoms with Crippen molar-refractivity contribution in [1.82, 2.24) is 9.80 Å². The number of hydrogen-bond donors (Lipinski definition) is 0. The molecule has 12 heavy (non-hydrogen) atoms. The maximum Gasteiger partial charge on any atom is 0.0109 e. The van der Waals surface area contributed by atoms with Crippen LogP contribution in [-0.4, -0.2) is 49.6 Å². The van der Waals surface area contributed by atoms with E-state index in [0.29, 0.717) is 0 Å². The van der Waals surface area contributed by atoms with E-state index in [0.717, 1.165) is 6.04 Å². The van der Waals surface area contributed by atoms with Crippen LogP contribution in [0.5, 0.6) is 0 Å². The summed E-state index contributed by atoms with van der Waals surface area (Å²) < 4.78 is 0. The van der Waals surface area contributed by atoms with Gasteiger partial charge in [-0.2, -0.15) is 0 Å². The van der Waals surface area contributed by atoms with Crippen molar-refractivity contribution >= 4 is 0 Å². The topological polar surface area (TPSA) is 6.48 Å². The maximum absolute atomic E-state index is 2.51. The molecule has 0 aromatic rings. The average Bonchev–Trinajstić information content (AvgIpc) is 1.97. The largest absolute Gasteiger partial charge is 0.305 e. The number of hydrogen-bond acceptors (Lipinski definition) is 2. The molecule has 1 aliphatic carbocycles. The number of likely N-dealkylation sites (N-methyl/N-ethyl adjacent to an activating group) is 2. The third-order valence-electron chi connectivity index (χ3n) is 3.07. The summed E-state index contributed by atoms with van der Waals surface area (Å²) in [6.07, 6.45) is 4.29. The summed E-state index contributed by atoms with van der Waals surface area (Å²) in [6, 6.07) is 0.898. The van der Waals surface area contributed by atoms with Crippen molar-refractivity contribution in [3.05, 3.63) is 0 Å². The minimum Gasteiger partial charge on any atom is -0.305 e. The van der Waals surface area contributed by atoms with Crippen molar-refractivity contribution < 1.29 is 0 Å². The SMILES string of the molecule is CCN(C)CCN(C)C1CCC1. The van der Waals surface area contributed by atoms with Crippen molar-refractivity contribution in [2.75, 3.05) is 33.7 Å². The van der Waals surface area contributed by atoms with Gasteiger partial charge in [-0.1, -0.05) is 13.3 Å². The molecule has 1 fully saturated rings. The Kier molecular flexibility index (Phi) is 4.02. The van der Waals surface area contributed by atoms with Crippen LogP contribution in [0.2, 0.25) is 0 Å². The standard InChI is InChI=1S/C10H22N2/c1-4-11(2)8-9-12(3)10-6-5-7-10/h10H,4-9H2,1-3H3. The molecular formula is C10H22N2. The second-order valence-electron chi connectivity index (χ2n) is 3.96. The van der Waals surface area contributed by atoms with E-state index in [4.69, 9.17) is 0 Å². The van der Waals surface area contributed by atoms with Gasteiger partial charge in [0.15, 0.2) is 0 Å². The fraction of sp³-hybridized carbons (Fsp3) is 1.00. The molecule has 0 aromatic heterocycles. The van der Waals surface area contributed by atoms with Gasteiger partial charge in [-0.3, -0.25) is 0 Å². The molecule has 72 valence electrons. The van der Waals surface area contributed by atoms with E-state index in [1.54, 1.807) is 0 Å². The van der Waals surface area contributed by atoms with E-state index >= 15 is 0 Å². The Labute approximate surface area is 76.5 Å². The van der Waals surface area contributed by atoms with Crippen molar-refractivity contribution in [2.24, 2.45) is 0 Å². The molecule has 2 heteroatoms. The van der Waals surface area contributed by atoms with Gasteiger partial charge in [0.05, 0.1) is 0 Å². The highest BCUT2D eigenvalue weighted by atomic mass is 15.2. The van der Waals surface area contributed by atoms with Gasteiger partial charge >= 0.3 is 0 Å². The summed E-state index contributed by atoms with van der Waals surface area (Å²) in [7, 11) is 4.45. The first kappa shape index (κ1) is 10.0. The minimum atomic E-state index is 0.898. The smallest absolute Gasteiger partial charge is 0.0109 e. The van der Waals surface area contributed by atoms with Gasteiger partial charge in [-0.25, -0.2) is 0 Å². The Bertz CT molecular complexity index is 121. The molecule has 1 rings (SSSR count). The monoisotopic (exact) mass is 170 g/mol. The highest BCUT2D eigenvalue weighted by molar-refractivity contribution is 4.77. The molecule has 0 amide bonds. The first-order chi connectivity index (χ1) is 5.74. The highest BCUT2D eigenvalue weighted by Crippen LogP contribution is 2.22. The fourth-order valence-electron chi connectivity index (χ4n) is 1.50. The molecular weight excluding hydrogens is 148 g/mol. The molecule has 1 saturated carbocycles. The third kappa shape index (κ3) is 2.76. The Hall–Kier alpha value is -0.0800. The van der Waals surface area contributed by atoms with Gasteiger partial charge < -0.3 is 9.80 Å². The number of rotatable bonds is 5. The molecule has 0 atom stereocenters. The molecule has 0 aromatic carbocycles. The Balaban J connectivity index is 2.05. The summed E-state index contributed by atoms with van der Waals surface area (Å²) in [5, 5.41) is 0. The van der Waals surface area contributed by atoms with Gasteiger partial charge in [0.25, 0.3) is 0 Å². The lowest BCUT2D eigenvalue weighted by Gasteiger charge is -2.35. The van der Waals surface area contributed by atoms with Crippen LogP contribution in [0.4, 0.5) is 0 Å². The summed E-state index contributed by atoms with van der Waals surface area (Å²) >= 11 is 0. The molecule has 0 N–H and O–H groups in total. The molecule has 0 radical (unpaired) electrons. The molecule has 2 nitrogen and oxygen atoms in total. The second-order valence-corrected chi connectivity index (χ2v) is 3.96. The minimum absolute atomic E-state index is 0.898. The fourth-order valence-corrected chi connectivity index (χ4v) is 1.50. The van der Waals surface area contributed by atoms with Crippen LogP contribution in [-0.2, 0) is 0 Å². The molecule has 0 bridgehead atoms. The first-order valence-electron chi connectivity index (χ1n) is 5.12. The second kappa shape index (κ2) is 4.83. The van der Waals surface area contributed by atoms with E-state index in [2.05, 4.69) is 30.8 Å². The Morgan fingerprint density at radius 3 is 2.25 bits per heavy atom. The zero-order valence-electron chi connectivity index (χ0n) is 8.71. The lowest BCUT2D eigenvalue weighted by molar-refractivity contribution is 0.144. The Morgan fingerprint density at radius 2 is 1.83 bits per heavy atom. The average molecular weight is 170 g/mol. The zero-order chi connectivity index (χ0) is 8.97. The van der Waals surface area contributed by atoms with Crippen LogP contribution in [0.3, 0.4) is 0 Å². The van der Waals surface area contributed by atoms with Crippen LogP contribution in [0.25, 0.3) is 0 Å². The normalized spacial score (nSPS) is 18.8. The van der Waals surface area contributed by atoms with Crippen molar-refractivity contribution in [1.29, 1.82) is 0 Å². The zero-order valence-corrected chi connectivity index (χ0v) is 8.71. The summed E-state index contributed by atoms with van der Waals surface area (Å²) in [5.74, 6) is 0. The van der Waals surface area contributed by atoms with E-state index in [1.807, 2.05) is 0 Å². The summed E-state index contributed by atoms with van der Waals surface area (Å²) in [5.41, 5.74) is 0. The molecule has 0 unspecified atom stereocenters. The van der Waals surface area contributed by atoms with Crippen molar-refractivity contribution in [3.8, 4) is 0 Å². The Morgan fingerprint density at radius 1 is 1.17 bits per heavy atom. The van der Waals surface area contributed by atoms with Gasteiger partial charge in [0.1, 0.15) is 0 Å². The highest BCUT2D eigenvalue weighted by Gasteiger charge is 2.21. The van der Waals surface area contributed by atoms with Crippen LogP contribution >= 0.6 is 0 Å². The van der Waals surface area contributed by atoms with Crippen LogP contribution in [0.1, 0.15) is 26.2 Å². The maximum atomic E-state index is 2.51. The lowest BCUT2D eigenvalue weighted by Crippen LogP contribution is -2.41. The van der Waals surface area contributed by atoms with Gasteiger partial charge in [0.2, 0.25) is 0 Å². The van der Waals surface area contributed by atoms with E-state index in [-0.39, 0.29) is 0 Å². The van der Waals surface area contributed by atoms with Crippen LogP contribution in [0.15, 0.2) is 0 Å². The van der Waals surface area contributed by atoms with Crippen molar-refractivity contribution in [2.45, 2.75) is 32.2 Å². The lowest BCUT2D eigenvalue weighted by atomic mass is 9.92. The first-order valence-corrected chi connectivity index (χ1v) is 5.12. The molecule has 0 saturated heterocycles. The molecule has 1 aliphatic rings.